The van der Waals surface area contributed by atoms with Crippen molar-refractivity contribution < 1.29 is 13.2 Å². The van der Waals surface area contributed by atoms with E-state index < -0.39 is 17.6 Å². The fourth-order valence-electron chi connectivity index (χ4n) is 4.79. The third kappa shape index (κ3) is 4.47. The molecule has 3 heterocycles. The lowest BCUT2D eigenvalue weighted by Crippen LogP contribution is -2.30. The minimum Gasteiger partial charge on any atom is -0.370 e. The van der Waals surface area contributed by atoms with E-state index in [2.05, 4.69) is 14.6 Å². The number of anilines is 2. The summed E-state index contributed by atoms with van der Waals surface area (Å²) in [4.78, 5) is 7.90. The van der Waals surface area contributed by atoms with Gasteiger partial charge in [-0.15, -0.1) is 0 Å². The van der Waals surface area contributed by atoms with Crippen LogP contribution in [0.25, 0.3) is 0 Å². The molecule has 0 unspecified atom stereocenters. The molecule has 0 amide bonds. The molecule has 5 rings (SSSR count). The fraction of sp³-hybridized carbons (Fsp3) is 0.500. The summed E-state index contributed by atoms with van der Waals surface area (Å²) in [6, 6.07) is 5.47. The van der Waals surface area contributed by atoms with Crippen molar-refractivity contribution in [3.05, 3.63) is 46.9 Å². The highest BCUT2D eigenvalue weighted by Gasteiger charge is 2.47. The van der Waals surface area contributed by atoms with Crippen molar-refractivity contribution in [1.29, 1.82) is 0 Å². The van der Waals surface area contributed by atoms with Crippen molar-refractivity contribution in [2.24, 2.45) is 11.3 Å². The van der Waals surface area contributed by atoms with Gasteiger partial charge in [0.1, 0.15) is 21.6 Å². The van der Waals surface area contributed by atoms with Gasteiger partial charge in [-0.3, -0.25) is 0 Å². The topological polar surface area (TPSA) is 31.4 Å². The molecule has 2 aromatic rings. The SMILES string of the molecule is Fc1cccc(NSc2c(F)cc(N3CC[C@@H](CN4CCC5(CC5)C4)C3)c(Cl)c2F)n1. The van der Waals surface area contributed by atoms with Crippen LogP contribution in [-0.4, -0.2) is 42.6 Å². The number of hydrogen-bond acceptors (Lipinski definition) is 5. The Kier molecular flexibility index (Phi) is 5.73. The average molecular weight is 469 g/mol. The maximum absolute atomic E-state index is 14.9. The van der Waals surface area contributed by atoms with E-state index in [0.717, 1.165) is 26.1 Å². The quantitative estimate of drug-likeness (QED) is 0.339. The number of likely N-dealkylation sites (tertiary alicyclic amines) is 1. The van der Waals surface area contributed by atoms with Crippen LogP contribution in [-0.2, 0) is 0 Å². The smallest absolute Gasteiger partial charge is 0.214 e. The van der Waals surface area contributed by atoms with Gasteiger partial charge in [-0.25, -0.2) is 13.8 Å². The lowest BCUT2D eigenvalue weighted by Gasteiger charge is -2.23. The zero-order valence-corrected chi connectivity index (χ0v) is 18.6. The third-order valence-electron chi connectivity index (χ3n) is 6.69. The van der Waals surface area contributed by atoms with E-state index in [-0.39, 0.29) is 15.7 Å². The zero-order chi connectivity index (χ0) is 21.6. The minimum absolute atomic E-state index is 0.0864. The molecule has 9 heteroatoms. The van der Waals surface area contributed by atoms with Gasteiger partial charge in [0, 0.05) is 32.2 Å². The van der Waals surface area contributed by atoms with Gasteiger partial charge in [-0.05, 0) is 67.6 Å². The van der Waals surface area contributed by atoms with Gasteiger partial charge in [0.2, 0.25) is 5.95 Å². The first-order valence-corrected chi connectivity index (χ1v) is 11.8. The summed E-state index contributed by atoms with van der Waals surface area (Å²) in [6.45, 7) is 4.89. The van der Waals surface area contributed by atoms with E-state index in [1.54, 1.807) is 0 Å². The number of aromatic nitrogens is 1. The standard InChI is InChI=1S/C22H24ClF3N4S/c23-19-16(30-8-4-14(12-30)11-29-9-7-22(13-29)5-6-22)10-15(24)21(20(19)26)31-28-18-3-1-2-17(25)27-18/h1-3,10,14H,4-9,11-13H2,(H,27,28)/t14-/m0/s1. The number of pyridine rings is 1. The van der Waals surface area contributed by atoms with Crippen molar-refractivity contribution in [1.82, 2.24) is 9.88 Å². The van der Waals surface area contributed by atoms with Gasteiger partial charge < -0.3 is 14.5 Å². The first kappa shape index (κ1) is 21.2. The second-order valence-electron chi connectivity index (χ2n) is 8.97. The number of halogens is 4. The molecule has 1 aromatic heterocycles. The predicted octanol–water partition coefficient (Wildman–Crippen LogP) is 5.58. The molecule has 1 aromatic carbocycles. The molecule has 1 aliphatic carbocycles. The molecular weight excluding hydrogens is 445 g/mol. The fourth-order valence-corrected chi connectivity index (χ4v) is 5.79. The van der Waals surface area contributed by atoms with Gasteiger partial charge in [-0.2, -0.15) is 4.39 Å². The molecule has 31 heavy (non-hydrogen) atoms. The van der Waals surface area contributed by atoms with Crippen molar-refractivity contribution in [2.45, 2.75) is 30.6 Å². The number of benzene rings is 1. The molecule has 3 fully saturated rings. The van der Waals surface area contributed by atoms with E-state index in [1.807, 2.05) is 4.90 Å². The summed E-state index contributed by atoms with van der Waals surface area (Å²) < 4.78 is 45.5. The molecule has 0 radical (unpaired) electrons. The van der Waals surface area contributed by atoms with Crippen LogP contribution in [0.3, 0.4) is 0 Å². The van der Waals surface area contributed by atoms with Crippen molar-refractivity contribution in [2.75, 3.05) is 42.3 Å². The van der Waals surface area contributed by atoms with Gasteiger partial charge >= 0.3 is 0 Å². The van der Waals surface area contributed by atoms with E-state index in [1.165, 1.54) is 56.6 Å². The van der Waals surface area contributed by atoms with Crippen LogP contribution in [0.1, 0.15) is 25.7 Å². The third-order valence-corrected chi connectivity index (χ3v) is 7.94. The summed E-state index contributed by atoms with van der Waals surface area (Å²) >= 11 is 7.00. The van der Waals surface area contributed by atoms with Crippen molar-refractivity contribution in [3.63, 3.8) is 0 Å². The molecule has 166 valence electrons. The van der Waals surface area contributed by atoms with Crippen molar-refractivity contribution in [3.8, 4) is 0 Å². The molecule has 4 nitrogen and oxygen atoms in total. The second-order valence-corrected chi connectivity index (χ2v) is 10.2. The summed E-state index contributed by atoms with van der Waals surface area (Å²) in [5, 5.41) is -0.0864. The Morgan fingerprint density at radius 2 is 2.03 bits per heavy atom. The molecule has 3 aliphatic rings. The van der Waals surface area contributed by atoms with Crippen LogP contribution in [0.15, 0.2) is 29.2 Å². The first-order valence-electron chi connectivity index (χ1n) is 10.6. The lowest BCUT2D eigenvalue weighted by atomic mass is 10.1. The number of hydrogen-bond donors (Lipinski definition) is 1. The van der Waals surface area contributed by atoms with Crippen LogP contribution in [0.4, 0.5) is 24.7 Å². The highest BCUT2D eigenvalue weighted by atomic mass is 35.5. The maximum Gasteiger partial charge on any atom is 0.214 e. The Morgan fingerprint density at radius 3 is 2.77 bits per heavy atom. The van der Waals surface area contributed by atoms with Crippen LogP contribution < -0.4 is 9.62 Å². The normalized spacial score (nSPS) is 22.5. The molecule has 1 N–H and O–H groups in total. The number of rotatable bonds is 6. The van der Waals surface area contributed by atoms with E-state index in [0.29, 0.717) is 29.0 Å². The molecule has 1 spiro atoms. The average Bonchev–Trinajstić information content (AvgIpc) is 3.15. The van der Waals surface area contributed by atoms with Gasteiger partial charge in [0.05, 0.1) is 5.69 Å². The predicted molar refractivity (Wildman–Crippen MR) is 118 cm³/mol. The van der Waals surface area contributed by atoms with Crippen LogP contribution in [0, 0.1) is 28.9 Å². The number of nitrogens with zero attached hydrogens (tertiary/aromatic N) is 3. The zero-order valence-electron chi connectivity index (χ0n) is 17.0. The summed E-state index contributed by atoms with van der Waals surface area (Å²) in [6.07, 6.45) is 5.03. The summed E-state index contributed by atoms with van der Waals surface area (Å²) in [5.41, 5.74) is 1.00. The second kappa shape index (κ2) is 8.37. The van der Waals surface area contributed by atoms with Gasteiger partial charge in [-0.1, -0.05) is 17.7 Å². The molecular formula is C22H24ClF3N4S. The van der Waals surface area contributed by atoms with E-state index >= 15 is 0 Å². The van der Waals surface area contributed by atoms with E-state index in [4.69, 9.17) is 11.6 Å². The molecule has 1 atom stereocenters. The lowest BCUT2D eigenvalue weighted by molar-refractivity contribution is 0.275. The Morgan fingerprint density at radius 1 is 1.19 bits per heavy atom. The van der Waals surface area contributed by atoms with Gasteiger partial charge in [0.15, 0.2) is 5.82 Å². The Labute approximate surface area is 189 Å². The van der Waals surface area contributed by atoms with E-state index in [9.17, 15) is 13.2 Å². The van der Waals surface area contributed by atoms with Crippen molar-refractivity contribution >= 4 is 35.1 Å². The minimum atomic E-state index is -0.816. The first-order chi connectivity index (χ1) is 14.9. The van der Waals surface area contributed by atoms with Gasteiger partial charge in [0.25, 0.3) is 0 Å². The monoisotopic (exact) mass is 468 g/mol. The summed E-state index contributed by atoms with van der Waals surface area (Å²) in [7, 11) is 0. The summed E-state index contributed by atoms with van der Waals surface area (Å²) in [5.74, 6) is -1.55. The largest absolute Gasteiger partial charge is 0.370 e. The molecule has 0 bridgehead atoms. The Balaban J connectivity index is 1.24. The highest BCUT2D eigenvalue weighted by molar-refractivity contribution is 8.00. The Bertz CT molecular complexity index is 987. The van der Waals surface area contributed by atoms with Crippen LogP contribution in [0.2, 0.25) is 5.02 Å². The Hall–Kier alpha value is -1.64. The molecule has 2 aliphatic heterocycles. The maximum atomic E-state index is 14.9. The molecule has 2 saturated heterocycles. The molecule has 1 saturated carbocycles. The van der Waals surface area contributed by atoms with Crippen LogP contribution in [0.5, 0.6) is 0 Å². The number of nitrogens with one attached hydrogen (secondary N) is 1. The van der Waals surface area contributed by atoms with Crippen LogP contribution >= 0.6 is 23.5 Å². The highest BCUT2D eigenvalue weighted by Crippen LogP contribution is 2.52.